The first kappa shape index (κ1) is 19.5. The van der Waals surface area contributed by atoms with Gasteiger partial charge in [0.25, 0.3) is 0 Å². The van der Waals surface area contributed by atoms with Crippen molar-refractivity contribution < 1.29 is 19.0 Å². The maximum Gasteiger partial charge on any atom is 0.245 e. The SMILES string of the molecule is CCOc1ccc(-c2[nH]nc3c2[C@]2(C(=O)Nc4ccccc42)C(C#N)=C(N)O3)cc1OC. The summed E-state index contributed by atoms with van der Waals surface area (Å²) in [5.41, 5.74) is 7.40. The van der Waals surface area contributed by atoms with E-state index >= 15 is 0 Å². The summed E-state index contributed by atoms with van der Waals surface area (Å²) in [6.45, 7) is 2.37. The molecule has 1 amide bonds. The van der Waals surface area contributed by atoms with E-state index in [0.29, 0.717) is 46.2 Å². The van der Waals surface area contributed by atoms with Gasteiger partial charge in [0, 0.05) is 16.8 Å². The van der Waals surface area contributed by atoms with Gasteiger partial charge in [-0.2, -0.15) is 5.26 Å². The lowest BCUT2D eigenvalue weighted by Gasteiger charge is -2.31. The van der Waals surface area contributed by atoms with Crippen LogP contribution in [0, 0.1) is 11.3 Å². The number of anilines is 1. The zero-order chi connectivity index (χ0) is 22.5. The number of nitrogens with two attached hydrogens (primary N) is 1. The van der Waals surface area contributed by atoms with E-state index < -0.39 is 11.3 Å². The zero-order valence-corrected chi connectivity index (χ0v) is 17.4. The van der Waals surface area contributed by atoms with Crippen LogP contribution in [-0.4, -0.2) is 29.8 Å². The Balaban J connectivity index is 1.81. The van der Waals surface area contributed by atoms with Gasteiger partial charge in [0.1, 0.15) is 17.1 Å². The van der Waals surface area contributed by atoms with Crippen LogP contribution < -0.4 is 25.3 Å². The molecule has 32 heavy (non-hydrogen) atoms. The van der Waals surface area contributed by atoms with Crippen molar-refractivity contribution in [1.29, 1.82) is 5.26 Å². The number of H-pyrrole nitrogens is 1. The Morgan fingerprint density at radius 3 is 2.81 bits per heavy atom. The van der Waals surface area contributed by atoms with Crippen LogP contribution in [-0.2, 0) is 10.2 Å². The number of methoxy groups -OCH3 is 1. The minimum Gasteiger partial charge on any atom is -0.493 e. The summed E-state index contributed by atoms with van der Waals surface area (Å²) in [6, 6.07) is 14.7. The summed E-state index contributed by atoms with van der Waals surface area (Å²) in [7, 11) is 1.55. The van der Waals surface area contributed by atoms with Gasteiger partial charge >= 0.3 is 0 Å². The average molecular weight is 429 g/mol. The van der Waals surface area contributed by atoms with E-state index in [1.54, 1.807) is 37.4 Å². The minimum absolute atomic E-state index is 0.00741. The first-order valence-electron chi connectivity index (χ1n) is 9.95. The number of nitriles is 1. The maximum atomic E-state index is 13.5. The van der Waals surface area contributed by atoms with Gasteiger partial charge in [0.05, 0.1) is 25.0 Å². The molecule has 1 spiro atoms. The summed E-state index contributed by atoms with van der Waals surface area (Å²) in [5.74, 6) is 0.683. The summed E-state index contributed by atoms with van der Waals surface area (Å²) < 4.78 is 16.8. The van der Waals surface area contributed by atoms with Crippen molar-refractivity contribution in [2.24, 2.45) is 5.73 Å². The van der Waals surface area contributed by atoms with E-state index in [-0.39, 0.29) is 17.3 Å². The molecule has 0 fully saturated rings. The second kappa shape index (κ2) is 7.06. The van der Waals surface area contributed by atoms with Gasteiger partial charge in [-0.15, -0.1) is 5.10 Å². The number of aromatic nitrogens is 2. The van der Waals surface area contributed by atoms with Crippen molar-refractivity contribution in [3.63, 3.8) is 0 Å². The van der Waals surface area contributed by atoms with Crippen molar-refractivity contribution in [2.45, 2.75) is 12.3 Å². The predicted octanol–water partition coefficient (Wildman–Crippen LogP) is 2.81. The lowest BCUT2D eigenvalue weighted by molar-refractivity contribution is -0.118. The van der Waals surface area contributed by atoms with Crippen molar-refractivity contribution in [3.05, 3.63) is 65.0 Å². The Labute approximate surface area is 183 Å². The topological polar surface area (TPSA) is 135 Å². The Kier molecular flexibility index (Phi) is 4.30. The summed E-state index contributed by atoms with van der Waals surface area (Å²) in [6.07, 6.45) is 0. The molecule has 0 saturated heterocycles. The molecule has 3 aromatic rings. The Morgan fingerprint density at radius 2 is 2.06 bits per heavy atom. The highest BCUT2D eigenvalue weighted by molar-refractivity contribution is 6.13. The van der Waals surface area contributed by atoms with Gasteiger partial charge in [0.2, 0.25) is 17.7 Å². The fourth-order valence-corrected chi connectivity index (χ4v) is 4.41. The van der Waals surface area contributed by atoms with Gasteiger partial charge in [-0.25, -0.2) is 0 Å². The molecule has 0 unspecified atom stereocenters. The molecule has 0 saturated carbocycles. The number of nitrogens with one attached hydrogen (secondary N) is 2. The fourth-order valence-electron chi connectivity index (χ4n) is 4.41. The van der Waals surface area contributed by atoms with Crippen LogP contribution >= 0.6 is 0 Å². The van der Waals surface area contributed by atoms with Gasteiger partial charge in [-0.05, 0) is 31.2 Å². The molecule has 9 heteroatoms. The van der Waals surface area contributed by atoms with Crippen LogP contribution in [0.15, 0.2) is 53.9 Å². The molecule has 2 aliphatic heterocycles. The molecule has 2 aliphatic rings. The molecular weight excluding hydrogens is 410 g/mol. The minimum atomic E-state index is -1.50. The number of ether oxygens (including phenoxy) is 3. The van der Waals surface area contributed by atoms with Crippen LogP contribution in [0.25, 0.3) is 11.3 Å². The van der Waals surface area contributed by atoms with E-state index in [1.807, 2.05) is 19.1 Å². The number of amides is 1. The molecule has 0 bridgehead atoms. The van der Waals surface area contributed by atoms with Crippen LogP contribution in [0.1, 0.15) is 18.1 Å². The second-order valence-corrected chi connectivity index (χ2v) is 7.28. The smallest absolute Gasteiger partial charge is 0.245 e. The number of rotatable bonds is 4. The highest BCUT2D eigenvalue weighted by Gasteiger charge is 2.58. The van der Waals surface area contributed by atoms with E-state index in [9.17, 15) is 10.1 Å². The van der Waals surface area contributed by atoms with E-state index in [2.05, 4.69) is 21.6 Å². The van der Waals surface area contributed by atoms with Gasteiger partial charge < -0.3 is 25.3 Å². The lowest BCUT2D eigenvalue weighted by Crippen LogP contribution is -2.42. The standard InChI is InChI=1S/C23H19N5O4/c1-3-31-16-9-8-12(10-17(16)30-2)19-18-21(28-27-19)32-20(25)14(11-24)23(18)13-6-4-5-7-15(13)26-22(23)29/h4-10H,3,25H2,1-2H3,(H,26,29)(H,27,28)/t23-/m1/s1. The number of aromatic amines is 1. The van der Waals surface area contributed by atoms with Crippen molar-refractivity contribution in [1.82, 2.24) is 10.2 Å². The first-order valence-corrected chi connectivity index (χ1v) is 9.95. The summed E-state index contributed by atoms with van der Waals surface area (Å²) in [5, 5.41) is 20.1. The van der Waals surface area contributed by atoms with Crippen molar-refractivity contribution >= 4 is 11.6 Å². The summed E-state index contributed by atoms with van der Waals surface area (Å²) in [4.78, 5) is 13.5. The van der Waals surface area contributed by atoms with E-state index in [0.717, 1.165) is 0 Å². The maximum absolute atomic E-state index is 13.5. The number of hydrogen-bond acceptors (Lipinski definition) is 7. The normalized spacial score (nSPS) is 18.5. The molecular formula is C23H19N5O4. The molecule has 0 aliphatic carbocycles. The quantitative estimate of drug-likeness (QED) is 0.580. The zero-order valence-electron chi connectivity index (χ0n) is 17.4. The molecule has 9 nitrogen and oxygen atoms in total. The number of carbonyl (C=O) groups excluding carboxylic acids is 1. The number of para-hydroxylation sites is 1. The van der Waals surface area contributed by atoms with Crippen molar-refractivity contribution in [3.8, 4) is 34.7 Å². The van der Waals surface area contributed by atoms with Gasteiger partial charge in [-0.1, -0.05) is 18.2 Å². The Morgan fingerprint density at radius 1 is 1.25 bits per heavy atom. The lowest BCUT2D eigenvalue weighted by atomic mass is 9.68. The molecule has 4 N–H and O–H groups in total. The predicted molar refractivity (Wildman–Crippen MR) is 115 cm³/mol. The number of carbonyl (C=O) groups is 1. The monoisotopic (exact) mass is 429 g/mol. The third-order valence-corrected chi connectivity index (χ3v) is 5.72. The van der Waals surface area contributed by atoms with Crippen LogP contribution in [0.2, 0.25) is 0 Å². The van der Waals surface area contributed by atoms with E-state index in [4.69, 9.17) is 19.9 Å². The number of benzene rings is 2. The van der Waals surface area contributed by atoms with Crippen molar-refractivity contribution in [2.75, 3.05) is 19.0 Å². The Bertz CT molecular complexity index is 1340. The molecule has 160 valence electrons. The third-order valence-electron chi connectivity index (χ3n) is 5.72. The highest BCUT2D eigenvalue weighted by Crippen LogP contribution is 2.55. The first-order chi connectivity index (χ1) is 15.6. The molecule has 5 rings (SSSR count). The second-order valence-electron chi connectivity index (χ2n) is 7.28. The number of hydrogen-bond donors (Lipinski definition) is 3. The molecule has 1 aromatic heterocycles. The van der Waals surface area contributed by atoms with E-state index in [1.165, 1.54) is 0 Å². The third kappa shape index (κ3) is 2.43. The summed E-state index contributed by atoms with van der Waals surface area (Å²) >= 11 is 0. The van der Waals surface area contributed by atoms with Crippen LogP contribution in [0.3, 0.4) is 0 Å². The molecule has 2 aromatic carbocycles. The van der Waals surface area contributed by atoms with Gasteiger partial charge in [-0.3, -0.25) is 9.89 Å². The number of nitrogens with zero attached hydrogens (tertiary/aromatic N) is 2. The highest BCUT2D eigenvalue weighted by atomic mass is 16.5. The largest absolute Gasteiger partial charge is 0.493 e. The molecule has 1 atom stereocenters. The Hall–Kier alpha value is -4.45. The molecule has 0 radical (unpaired) electrons. The fraction of sp³-hybridized carbons (Fsp3) is 0.174. The van der Waals surface area contributed by atoms with Crippen LogP contribution in [0.5, 0.6) is 17.4 Å². The van der Waals surface area contributed by atoms with Crippen LogP contribution in [0.4, 0.5) is 5.69 Å². The molecule has 3 heterocycles. The average Bonchev–Trinajstić information content (AvgIpc) is 3.34. The van der Waals surface area contributed by atoms with Gasteiger partial charge in [0.15, 0.2) is 11.5 Å². The number of fused-ring (bicyclic) bond motifs is 4.